The van der Waals surface area contributed by atoms with Gasteiger partial charge in [0.2, 0.25) is 5.91 Å². The lowest BCUT2D eigenvalue weighted by Crippen LogP contribution is -2.46. The summed E-state index contributed by atoms with van der Waals surface area (Å²) in [5.74, 6) is 0.230. The van der Waals surface area contributed by atoms with Gasteiger partial charge in [0, 0.05) is 31.6 Å². The van der Waals surface area contributed by atoms with E-state index in [4.69, 9.17) is 0 Å². The minimum absolute atomic E-state index is 0.0862. The van der Waals surface area contributed by atoms with Crippen molar-refractivity contribution < 1.29 is 18.0 Å². The first-order valence-corrected chi connectivity index (χ1v) is 9.25. The van der Waals surface area contributed by atoms with E-state index in [-0.39, 0.29) is 17.9 Å². The zero-order valence-electron chi connectivity index (χ0n) is 14.8. The van der Waals surface area contributed by atoms with Gasteiger partial charge in [-0.3, -0.25) is 9.69 Å². The summed E-state index contributed by atoms with van der Waals surface area (Å²) in [4.78, 5) is 14.5. The van der Waals surface area contributed by atoms with Gasteiger partial charge < -0.3 is 5.32 Å². The largest absolute Gasteiger partial charge is 0.416 e. The molecule has 1 amide bonds. The molecule has 0 bridgehead atoms. The molecule has 1 fully saturated rings. The van der Waals surface area contributed by atoms with Crippen LogP contribution in [-0.4, -0.2) is 29.9 Å². The summed E-state index contributed by atoms with van der Waals surface area (Å²) in [6.45, 7) is 2.08. The molecule has 142 valence electrons. The molecule has 1 saturated heterocycles. The second kappa shape index (κ2) is 8.25. The molecule has 1 aliphatic carbocycles. The average Bonchev–Trinajstić information content (AvgIpc) is 2.63. The number of nitrogens with zero attached hydrogens (tertiary/aromatic N) is 1. The second-order valence-corrected chi connectivity index (χ2v) is 7.24. The topological polar surface area (TPSA) is 32.3 Å². The molecular formula is C20H25F3N2O. The number of likely N-dealkylation sites (tertiary alicyclic amines) is 1. The van der Waals surface area contributed by atoms with Gasteiger partial charge in [-0.15, -0.1) is 0 Å². The van der Waals surface area contributed by atoms with Crippen LogP contribution in [-0.2, 0) is 17.5 Å². The Morgan fingerprint density at radius 2 is 1.92 bits per heavy atom. The third-order valence-corrected chi connectivity index (χ3v) is 5.23. The first kappa shape index (κ1) is 19.0. The number of piperidine rings is 1. The van der Waals surface area contributed by atoms with Crippen molar-refractivity contribution in [2.45, 2.75) is 50.9 Å². The molecule has 1 aromatic carbocycles. The second-order valence-electron chi connectivity index (χ2n) is 7.24. The number of alkyl halides is 3. The van der Waals surface area contributed by atoms with Crippen LogP contribution in [0.2, 0.25) is 0 Å². The highest BCUT2D eigenvalue weighted by Gasteiger charge is 2.30. The smallest absolute Gasteiger partial charge is 0.353 e. The van der Waals surface area contributed by atoms with E-state index in [2.05, 4.69) is 22.4 Å². The number of hydrogen-bond donors (Lipinski definition) is 1. The molecule has 3 nitrogen and oxygen atoms in total. The SMILES string of the molecule is O=C(NC1CCN(Cc2cccc(C(F)(F)F)c2)CC1)[C@H]1CC=CCC1. The third kappa shape index (κ3) is 5.10. The van der Waals surface area contributed by atoms with Crippen molar-refractivity contribution in [2.75, 3.05) is 13.1 Å². The normalized spacial score (nSPS) is 22.3. The number of nitrogens with one attached hydrogen (secondary N) is 1. The maximum atomic E-state index is 12.8. The van der Waals surface area contributed by atoms with E-state index < -0.39 is 11.7 Å². The van der Waals surface area contributed by atoms with Gasteiger partial charge in [-0.25, -0.2) is 0 Å². The summed E-state index contributed by atoms with van der Waals surface area (Å²) < 4.78 is 38.4. The summed E-state index contributed by atoms with van der Waals surface area (Å²) in [5, 5.41) is 3.15. The van der Waals surface area contributed by atoms with E-state index in [1.165, 1.54) is 12.1 Å². The zero-order chi connectivity index (χ0) is 18.6. The number of allylic oxidation sites excluding steroid dienone is 2. The lowest BCUT2D eigenvalue weighted by Gasteiger charge is -2.33. The Bertz CT molecular complexity index is 649. The first-order chi connectivity index (χ1) is 12.4. The maximum absolute atomic E-state index is 12.8. The van der Waals surface area contributed by atoms with E-state index in [0.717, 1.165) is 51.3 Å². The fourth-order valence-corrected chi connectivity index (χ4v) is 3.69. The number of rotatable bonds is 4. The van der Waals surface area contributed by atoms with Crippen molar-refractivity contribution in [3.8, 4) is 0 Å². The first-order valence-electron chi connectivity index (χ1n) is 9.25. The lowest BCUT2D eigenvalue weighted by molar-refractivity contribution is -0.137. The molecule has 26 heavy (non-hydrogen) atoms. The summed E-state index contributed by atoms with van der Waals surface area (Å²) in [5.41, 5.74) is 0.0787. The molecule has 1 aliphatic heterocycles. The molecule has 0 saturated carbocycles. The minimum Gasteiger partial charge on any atom is -0.353 e. The van der Waals surface area contributed by atoms with Gasteiger partial charge in [0.15, 0.2) is 0 Å². The predicted octanol–water partition coefficient (Wildman–Crippen LogP) is 4.14. The van der Waals surface area contributed by atoms with Crippen LogP contribution >= 0.6 is 0 Å². The Morgan fingerprint density at radius 3 is 2.58 bits per heavy atom. The van der Waals surface area contributed by atoms with E-state index in [1.807, 2.05) is 0 Å². The molecule has 0 spiro atoms. The highest BCUT2D eigenvalue weighted by molar-refractivity contribution is 5.79. The molecule has 0 unspecified atom stereocenters. The molecular weight excluding hydrogens is 341 g/mol. The van der Waals surface area contributed by atoms with Crippen molar-refractivity contribution in [1.29, 1.82) is 0 Å². The van der Waals surface area contributed by atoms with Gasteiger partial charge in [-0.05, 0) is 43.7 Å². The predicted molar refractivity (Wildman–Crippen MR) is 94.4 cm³/mol. The maximum Gasteiger partial charge on any atom is 0.416 e. The molecule has 1 aromatic rings. The van der Waals surface area contributed by atoms with Crippen LogP contribution in [0.25, 0.3) is 0 Å². The van der Waals surface area contributed by atoms with Crippen molar-refractivity contribution in [1.82, 2.24) is 10.2 Å². The van der Waals surface area contributed by atoms with E-state index in [0.29, 0.717) is 12.1 Å². The van der Waals surface area contributed by atoms with Crippen LogP contribution < -0.4 is 5.32 Å². The van der Waals surface area contributed by atoms with E-state index in [1.54, 1.807) is 6.07 Å². The summed E-state index contributed by atoms with van der Waals surface area (Å²) in [6.07, 6.45) is 4.27. The summed E-state index contributed by atoms with van der Waals surface area (Å²) >= 11 is 0. The van der Waals surface area contributed by atoms with Gasteiger partial charge in [0.05, 0.1) is 5.56 Å². The third-order valence-electron chi connectivity index (χ3n) is 5.23. The van der Waals surface area contributed by atoms with Crippen molar-refractivity contribution in [3.05, 3.63) is 47.5 Å². The van der Waals surface area contributed by atoms with Gasteiger partial charge in [-0.1, -0.05) is 30.4 Å². The van der Waals surface area contributed by atoms with Crippen LogP contribution in [0.4, 0.5) is 13.2 Å². The summed E-state index contributed by atoms with van der Waals surface area (Å²) in [6, 6.07) is 5.70. The Labute approximate surface area is 152 Å². The quantitative estimate of drug-likeness (QED) is 0.812. The number of benzene rings is 1. The van der Waals surface area contributed by atoms with Crippen molar-refractivity contribution in [3.63, 3.8) is 0 Å². The fourth-order valence-electron chi connectivity index (χ4n) is 3.69. The van der Waals surface area contributed by atoms with E-state index in [9.17, 15) is 18.0 Å². The monoisotopic (exact) mass is 366 g/mol. The Hall–Kier alpha value is -1.82. The van der Waals surface area contributed by atoms with Crippen LogP contribution in [0.1, 0.15) is 43.2 Å². The molecule has 3 rings (SSSR count). The number of carbonyl (C=O) groups is 1. The summed E-state index contributed by atoms with van der Waals surface area (Å²) in [7, 11) is 0. The fraction of sp³-hybridized carbons (Fsp3) is 0.550. The standard InChI is InChI=1S/C20H25F3N2O/c21-20(22,23)17-8-4-5-15(13-17)14-25-11-9-18(10-12-25)24-19(26)16-6-2-1-3-7-16/h1-2,4-5,8,13,16,18H,3,6-7,9-12,14H2,(H,24,26)/t16-/m0/s1. The van der Waals surface area contributed by atoms with Crippen molar-refractivity contribution in [2.24, 2.45) is 5.92 Å². The number of amides is 1. The van der Waals surface area contributed by atoms with Gasteiger partial charge in [0.1, 0.15) is 0 Å². The van der Waals surface area contributed by atoms with Crippen LogP contribution in [0, 0.1) is 5.92 Å². The molecule has 0 radical (unpaired) electrons. The van der Waals surface area contributed by atoms with Gasteiger partial charge in [-0.2, -0.15) is 13.2 Å². The van der Waals surface area contributed by atoms with Crippen LogP contribution in [0.15, 0.2) is 36.4 Å². The van der Waals surface area contributed by atoms with Crippen LogP contribution in [0.3, 0.4) is 0 Å². The molecule has 0 aromatic heterocycles. The molecule has 1 heterocycles. The number of carbonyl (C=O) groups excluding carboxylic acids is 1. The Kier molecular flexibility index (Phi) is 6.01. The molecule has 6 heteroatoms. The number of halogens is 3. The van der Waals surface area contributed by atoms with Crippen LogP contribution in [0.5, 0.6) is 0 Å². The van der Waals surface area contributed by atoms with Gasteiger partial charge >= 0.3 is 6.18 Å². The number of hydrogen-bond acceptors (Lipinski definition) is 2. The lowest BCUT2D eigenvalue weighted by atomic mass is 9.93. The highest BCUT2D eigenvalue weighted by atomic mass is 19.4. The molecule has 1 atom stereocenters. The highest BCUT2D eigenvalue weighted by Crippen LogP contribution is 2.30. The average molecular weight is 366 g/mol. The Balaban J connectivity index is 1.47. The van der Waals surface area contributed by atoms with Crippen molar-refractivity contribution >= 4 is 5.91 Å². The zero-order valence-corrected chi connectivity index (χ0v) is 14.8. The Morgan fingerprint density at radius 1 is 1.15 bits per heavy atom. The van der Waals surface area contributed by atoms with Gasteiger partial charge in [0.25, 0.3) is 0 Å². The molecule has 2 aliphatic rings. The molecule has 1 N–H and O–H groups in total. The van der Waals surface area contributed by atoms with E-state index >= 15 is 0 Å². The minimum atomic E-state index is -4.30.